The molecule has 0 atom stereocenters. The molecule has 8 heteroatoms. The zero-order valence-corrected chi connectivity index (χ0v) is 16.4. The molecule has 26 heavy (non-hydrogen) atoms. The van der Waals surface area contributed by atoms with Crippen molar-refractivity contribution in [3.05, 3.63) is 39.6 Å². The minimum absolute atomic E-state index is 0.00243. The fraction of sp³-hybridized carbons (Fsp3) is 0.444. The predicted molar refractivity (Wildman–Crippen MR) is 102 cm³/mol. The normalized spacial score (nSPS) is 15.7. The second-order valence-corrected chi connectivity index (χ2v) is 7.55. The maximum absolute atomic E-state index is 13.4. The Labute approximate surface area is 163 Å². The molecule has 0 unspecified atom stereocenters. The highest BCUT2D eigenvalue weighted by Gasteiger charge is 2.37. The van der Waals surface area contributed by atoms with Crippen LogP contribution in [-0.2, 0) is 6.18 Å². The largest absolute Gasteiger partial charge is 0.460 e. The highest BCUT2D eigenvalue weighted by molar-refractivity contribution is 14.1. The van der Waals surface area contributed by atoms with Gasteiger partial charge in [0.1, 0.15) is 11.7 Å². The first-order valence-electron chi connectivity index (χ1n) is 8.45. The Morgan fingerprint density at radius 2 is 1.92 bits per heavy atom. The summed E-state index contributed by atoms with van der Waals surface area (Å²) in [6, 6.07) is 7.20. The molecule has 140 valence electrons. The number of alkyl halides is 3. The second-order valence-electron chi connectivity index (χ2n) is 6.30. The van der Waals surface area contributed by atoms with Gasteiger partial charge in [0.15, 0.2) is 5.82 Å². The van der Waals surface area contributed by atoms with Gasteiger partial charge in [0.2, 0.25) is 0 Å². The summed E-state index contributed by atoms with van der Waals surface area (Å²) in [5, 5.41) is 0. The van der Waals surface area contributed by atoms with E-state index >= 15 is 0 Å². The summed E-state index contributed by atoms with van der Waals surface area (Å²) in [6.07, 6.45) is 1.27. The number of aromatic nitrogens is 2. The van der Waals surface area contributed by atoms with Gasteiger partial charge >= 0.3 is 12.2 Å². The molecule has 0 aliphatic heterocycles. The molecule has 3 rings (SSSR count). The van der Waals surface area contributed by atoms with Crippen molar-refractivity contribution < 1.29 is 17.9 Å². The van der Waals surface area contributed by atoms with E-state index in [2.05, 4.69) is 32.6 Å². The van der Waals surface area contributed by atoms with Crippen molar-refractivity contribution in [1.82, 2.24) is 9.97 Å². The summed E-state index contributed by atoms with van der Waals surface area (Å²) in [6.45, 7) is 0. The van der Waals surface area contributed by atoms with Crippen LogP contribution in [0.15, 0.2) is 30.5 Å². The Morgan fingerprint density at radius 1 is 1.19 bits per heavy atom. The number of rotatable bonds is 4. The van der Waals surface area contributed by atoms with Gasteiger partial charge in [0, 0.05) is 22.5 Å². The highest BCUT2D eigenvalue weighted by Crippen LogP contribution is 2.38. The highest BCUT2D eigenvalue weighted by atomic mass is 127. The van der Waals surface area contributed by atoms with Gasteiger partial charge in [-0.3, -0.25) is 0 Å². The van der Waals surface area contributed by atoms with Gasteiger partial charge in [-0.1, -0.05) is 12.5 Å². The third-order valence-corrected chi connectivity index (χ3v) is 5.06. The van der Waals surface area contributed by atoms with Gasteiger partial charge in [-0.05, 0) is 66.5 Å². The summed E-state index contributed by atoms with van der Waals surface area (Å²) in [5.74, 6) is -0.208. The molecule has 0 spiro atoms. The molecule has 0 N–H and O–H groups in total. The van der Waals surface area contributed by atoms with Crippen LogP contribution in [-0.4, -0.2) is 23.1 Å². The molecule has 0 amide bonds. The van der Waals surface area contributed by atoms with Gasteiger partial charge in [-0.2, -0.15) is 18.2 Å². The molecule has 0 radical (unpaired) electrons. The van der Waals surface area contributed by atoms with E-state index in [-0.39, 0.29) is 17.9 Å². The minimum atomic E-state index is -4.55. The van der Waals surface area contributed by atoms with Crippen LogP contribution >= 0.6 is 22.6 Å². The first kappa shape index (κ1) is 19.2. The molecule has 1 heterocycles. The molecule has 2 aromatic rings. The zero-order valence-electron chi connectivity index (χ0n) is 14.3. The molecular formula is C18H19F3IN3O. The lowest BCUT2D eigenvalue weighted by molar-refractivity contribution is -0.137. The number of nitrogens with zero attached hydrogens (tertiary/aromatic N) is 3. The Bertz CT molecular complexity index is 764. The van der Waals surface area contributed by atoms with Crippen molar-refractivity contribution in [2.24, 2.45) is 0 Å². The Balaban J connectivity index is 1.95. The fourth-order valence-electron chi connectivity index (χ4n) is 3.01. The smallest absolute Gasteiger partial charge is 0.421 e. The lowest BCUT2D eigenvalue weighted by Crippen LogP contribution is -2.23. The van der Waals surface area contributed by atoms with Gasteiger partial charge < -0.3 is 9.64 Å². The van der Waals surface area contributed by atoms with Crippen LogP contribution in [0.1, 0.15) is 37.7 Å². The Morgan fingerprint density at radius 3 is 2.58 bits per heavy atom. The number of halogens is 4. The van der Waals surface area contributed by atoms with Crippen molar-refractivity contribution in [1.29, 1.82) is 0 Å². The maximum Gasteiger partial charge on any atom is 0.421 e. The molecular weight excluding hydrogens is 458 g/mol. The minimum Gasteiger partial charge on any atom is -0.460 e. The van der Waals surface area contributed by atoms with Crippen LogP contribution in [0.5, 0.6) is 6.01 Å². The van der Waals surface area contributed by atoms with Crippen LogP contribution in [0.3, 0.4) is 0 Å². The molecule has 1 aliphatic rings. The lowest BCUT2D eigenvalue weighted by atomic mass is 9.98. The molecule has 0 bridgehead atoms. The monoisotopic (exact) mass is 477 g/mol. The average Bonchev–Trinajstić information content (AvgIpc) is 2.61. The summed E-state index contributed by atoms with van der Waals surface area (Å²) in [7, 11) is 1.56. The maximum atomic E-state index is 13.4. The van der Waals surface area contributed by atoms with E-state index in [9.17, 15) is 13.2 Å². The zero-order chi connectivity index (χ0) is 18.7. The molecule has 1 aromatic heterocycles. The van der Waals surface area contributed by atoms with Crippen molar-refractivity contribution in [3.8, 4) is 6.01 Å². The van der Waals surface area contributed by atoms with Gasteiger partial charge in [-0.25, -0.2) is 4.98 Å². The van der Waals surface area contributed by atoms with E-state index in [0.29, 0.717) is 5.69 Å². The summed E-state index contributed by atoms with van der Waals surface area (Å²) < 4.78 is 47.0. The number of ether oxygens (including phenoxy) is 1. The van der Waals surface area contributed by atoms with E-state index in [0.717, 1.165) is 41.9 Å². The molecule has 4 nitrogen and oxygen atoms in total. The lowest BCUT2D eigenvalue weighted by Gasteiger charge is -2.25. The fourth-order valence-corrected chi connectivity index (χ4v) is 3.54. The molecule has 1 saturated carbocycles. The summed E-state index contributed by atoms with van der Waals surface area (Å²) in [4.78, 5) is 9.34. The number of hydrogen-bond donors (Lipinski definition) is 0. The van der Waals surface area contributed by atoms with Crippen LogP contribution in [0, 0.1) is 3.57 Å². The van der Waals surface area contributed by atoms with E-state index in [1.807, 2.05) is 6.07 Å². The van der Waals surface area contributed by atoms with Crippen LogP contribution < -0.4 is 9.64 Å². The van der Waals surface area contributed by atoms with Crippen LogP contribution in [0.25, 0.3) is 0 Å². The van der Waals surface area contributed by atoms with E-state index in [4.69, 9.17) is 4.74 Å². The predicted octanol–water partition coefficient (Wildman–Crippen LogP) is 5.58. The van der Waals surface area contributed by atoms with E-state index < -0.39 is 11.7 Å². The Hall–Kier alpha value is -1.58. The van der Waals surface area contributed by atoms with Gasteiger partial charge in [0.25, 0.3) is 0 Å². The SMILES string of the molecule is CN(c1cccc(I)c1)c1nc(OC2CCCCC2)ncc1C(F)(F)F. The summed E-state index contributed by atoms with van der Waals surface area (Å²) in [5.41, 5.74) is -0.264. The quantitative estimate of drug-likeness (QED) is 0.540. The van der Waals surface area contributed by atoms with Crippen molar-refractivity contribution in [2.75, 3.05) is 11.9 Å². The number of hydrogen-bond acceptors (Lipinski definition) is 4. The molecule has 1 aromatic carbocycles. The van der Waals surface area contributed by atoms with Crippen molar-refractivity contribution >= 4 is 34.1 Å². The standard InChI is InChI=1S/C18H19F3IN3O/c1-25(13-7-5-6-12(22)10-13)16-15(18(19,20)21)11-23-17(24-16)26-14-8-3-2-4-9-14/h5-7,10-11,14H,2-4,8-9H2,1H3. The van der Waals surface area contributed by atoms with Crippen LogP contribution in [0.4, 0.5) is 24.7 Å². The van der Waals surface area contributed by atoms with E-state index in [1.165, 1.54) is 4.90 Å². The molecule has 1 fully saturated rings. The third kappa shape index (κ3) is 4.57. The van der Waals surface area contributed by atoms with E-state index in [1.54, 1.807) is 25.2 Å². The van der Waals surface area contributed by atoms with Gasteiger partial charge in [-0.15, -0.1) is 0 Å². The van der Waals surface area contributed by atoms with Gasteiger partial charge in [0.05, 0.1) is 0 Å². The topological polar surface area (TPSA) is 38.2 Å². The first-order chi connectivity index (χ1) is 12.3. The third-order valence-electron chi connectivity index (χ3n) is 4.39. The first-order valence-corrected chi connectivity index (χ1v) is 9.52. The molecule has 0 saturated heterocycles. The van der Waals surface area contributed by atoms with Crippen LogP contribution in [0.2, 0.25) is 0 Å². The average molecular weight is 477 g/mol. The van der Waals surface area contributed by atoms with Crippen molar-refractivity contribution in [2.45, 2.75) is 44.4 Å². The number of anilines is 2. The Kier molecular flexibility index (Phi) is 5.89. The second kappa shape index (κ2) is 7.98. The summed E-state index contributed by atoms with van der Waals surface area (Å²) >= 11 is 2.12. The molecule has 1 aliphatic carbocycles. The number of benzene rings is 1. The van der Waals surface area contributed by atoms with Crippen molar-refractivity contribution in [3.63, 3.8) is 0 Å².